The van der Waals surface area contributed by atoms with E-state index >= 15 is 0 Å². The molecule has 0 aliphatic carbocycles. The number of imidazole rings is 1. The molecule has 0 radical (unpaired) electrons. The number of thioether (sulfide) groups is 1. The maximum atomic E-state index is 13.2. The molecule has 2 saturated heterocycles. The van der Waals surface area contributed by atoms with Crippen molar-refractivity contribution in [2.75, 3.05) is 13.1 Å². The number of hydrogen-bond acceptors (Lipinski definition) is 6. The van der Waals surface area contributed by atoms with Gasteiger partial charge in [0.05, 0.1) is 44.2 Å². The van der Waals surface area contributed by atoms with E-state index in [9.17, 15) is 24.6 Å². The maximum Gasteiger partial charge on any atom is 0.353 e. The number of amides is 2. The van der Waals surface area contributed by atoms with E-state index in [2.05, 4.69) is 27.6 Å². The number of aryl methyl sites for hydroxylation is 1. The normalized spacial score (nSPS) is 31.4. The molecule has 4 aliphatic rings. The molecule has 1 aromatic rings. The van der Waals surface area contributed by atoms with Crippen molar-refractivity contribution in [1.82, 2.24) is 19.7 Å². The third-order valence-electron chi connectivity index (χ3n) is 7.84. The highest BCUT2D eigenvalue weighted by Gasteiger charge is 2.60. The summed E-state index contributed by atoms with van der Waals surface area (Å²) in [5.41, 5.74) is 1.17. The van der Waals surface area contributed by atoms with Gasteiger partial charge in [-0.3, -0.25) is 9.59 Å². The van der Waals surface area contributed by atoms with Crippen LogP contribution in [0.15, 0.2) is 16.8 Å². The fraction of sp³-hybridized carbons (Fsp3) is 0.652. The lowest BCUT2D eigenvalue weighted by Gasteiger charge is -2.46. The fourth-order valence-electron chi connectivity index (χ4n) is 5.96. The van der Waals surface area contributed by atoms with Crippen LogP contribution in [0.4, 0.5) is 0 Å². The zero-order valence-electron chi connectivity index (χ0n) is 19.9. The topological polar surface area (TPSA) is 119 Å². The number of carboxylic acids is 1. The number of carbonyl (C=O) groups excluding carboxylic acids is 2. The van der Waals surface area contributed by atoms with Gasteiger partial charge in [0.15, 0.2) is 5.69 Å². The Kier molecular flexibility index (Phi) is 5.77. The first-order valence-corrected chi connectivity index (χ1v) is 12.7. The quantitative estimate of drug-likeness (QED) is 0.379. The number of aliphatic hydroxyl groups excluding tert-OH is 1. The van der Waals surface area contributed by atoms with E-state index in [0.717, 1.165) is 12.2 Å². The fourth-order valence-corrected chi connectivity index (χ4v) is 7.44. The Morgan fingerprint density at radius 2 is 2.06 bits per heavy atom. The predicted molar refractivity (Wildman–Crippen MR) is 123 cm³/mol. The van der Waals surface area contributed by atoms with Crippen molar-refractivity contribution < 1.29 is 29.2 Å². The van der Waals surface area contributed by atoms with Crippen molar-refractivity contribution >= 4 is 29.5 Å². The summed E-state index contributed by atoms with van der Waals surface area (Å²) in [5.74, 6) is -0.921. The van der Waals surface area contributed by atoms with Crippen molar-refractivity contribution in [2.24, 2.45) is 18.9 Å². The van der Waals surface area contributed by atoms with E-state index in [0.29, 0.717) is 31.0 Å². The number of rotatable bonds is 5. The molecule has 10 nitrogen and oxygen atoms in total. The van der Waals surface area contributed by atoms with Crippen LogP contribution in [-0.4, -0.2) is 78.9 Å². The Bertz CT molecular complexity index is 1100. The Hall–Kier alpha value is -2.37. The van der Waals surface area contributed by atoms with Crippen LogP contribution >= 0.6 is 11.8 Å². The van der Waals surface area contributed by atoms with E-state index in [1.165, 1.54) is 22.5 Å². The summed E-state index contributed by atoms with van der Waals surface area (Å²) >= 11 is 1.47. The number of hydrogen-bond donors (Lipinski definition) is 3. The summed E-state index contributed by atoms with van der Waals surface area (Å²) < 4.78 is 4.33. The molecule has 2 amide bonds. The lowest BCUT2D eigenvalue weighted by atomic mass is 9.79. The average Bonchev–Trinajstić information content (AvgIpc) is 3.42. The number of β-lactam (4-membered cyclic amide) rings is 1. The molecular formula is C23H32N5O5S+. The van der Waals surface area contributed by atoms with Gasteiger partial charge in [0.25, 0.3) is 5.82 Å². The third-order valence-corrected chi connectivity index (χ3v) is 9.35. The van der Waals surface area contributed by atoms with Crippen LogP contribution in [0, 0.1) is 18.8 Å². The number of nitrogens with zero attached hydrogens (tertiary/aromatic N) is 4. The van der Waals surface area contributed by atoms with E-state index in [1.807, 2.05) is 18.9 Å². The van der Waals surface area contributed by atoms with Crippen LogP contribution < -0.4 is 9.88 Å². The first kappa shape index (κ1) is 23.4. The van der Waals surface area contributed by atoms with E-state index < -0.39 is 18.0 Å². The lowest BCUT2D eigenvalue weighted by molar-refractivity contribution is -0.677. The minimum absolute atomic E-state index is 0.0354. The van der Waals surface area contributed by atoms with Crippen LogP contribution in [0.25, 0.3) is 0 Å². The van der Waals surface area contributed by atoms with Crippen LogP contribution in [0.1, 0.15) is 31.8 Å². The highest BCUT2D eigenvalue weighted by atomic mass is 32.2. The summed E-state index contributed by atoms with van der Waals surface area (Å²) in [6.07, 6.45) is 1.86. The molecule has 0 unspecified atom stereocenters. The Morgan fingerprint density at radius 1 is 1.32 bits per heavy atom. The van der Waals surface area contributed by atoms with Crippen molar-refractivity contribution in [3.63, 3.8) is 0 Å². The largest absolute Gasteiger partial charge is 0.477 e. The predicted octanol–water partition coefficient (Wildman–Crippen LogP) is -0.419. The minimum atomic E-state index is -1.12. The summed E-state index contributed by atoms with van der Waals surface area (Å²) in [6, 6.07) is -0.620. The maximum absolute atomic E-state index is 13.2. The van der Waals surface area contributed by atoms with Crippen molar-refractivity contribution in [1.29, 1.82) is 0 Å². The average molecular weight is 491 g/mol. The highest BCUT2D eigenvalue weighted by molar-refractivity contribution is 8.03. The third kappa shape index (κ3) is 3.47. The molecule has 5 heterocycles. The van der Waals surface area contributed by atoms with Gasteiger partial charge in [-0.05, 0) is 13.3 Å². The monoisotopic (exact) mass is 490 g/mol. The Balaban J connectivity index is 1.26. The first-order valence-electron chi connectivity index (χ1n) is 11.8. The van der Waals surface area contributed by atoms with Gasteiger partial charge in [-0.1, -0.05) is 6.92 Å². The van der Waals surface area contributed by atoms with Gasteiger partial charge in [0, 0.05) is 29.5 Å². The Morgan fingerprint density at radius 3 is 2.74 bits per heavy atom. The van der Waals surface area contributed by atoms with Gasteiger partial charge in [0.2, 0.25) is 11.8 Å². The molecule has 0 saturated carbocycles. The number of carbonyl (C=O) groups is 3. The number of aromatic nitrogens is 2. The molecule has 184 valence electrons. The molecule has 3 N–H and O–H groups in total. The smallest absolute Gasteiger partial charge is 0.353 e. The highest BCUT2D eigenvalue weighted by Crippen LogP contribution is 2.51. The lowest BCUT2D eigenvalue weighted by Crippen LogP contribution is -2.63. The van der Waals surface area contributed by atoms with E-state index in [4.69, 9.17) is 0 Å². The van der Waals surface area contributed by atoms with Gasteiger partial charge < -0.3 is 25.3 Å². The summed E-state index contributed by atoms with van der Waals surface area (Å²) in [6.45, 7) is 8.21. The molecule has 34 heavy (non-hydrogen) atoms. The zero-order valence-corrected chi connectivity index (χ0v) is 20.7. The van der Waals surface area contributed by atoms with Crippen molar-refractivity contribution in [3.05, 3.63) is 28.3 Å². The number of aliphatic carboxylic acids is 1. The molecule has 2 fully saturated rings. The molecular weight excluding hydrogens is 458 g/mol. The number of carboxylic acid groups (broad SMARTS) is 1. The first-order chi connectivity index (χ1) is 16.1. The van der Waals surface area contributed by atoms with Crippen LogP contribution in [0.2, 0.25) is 0 Å². The van der Waals surface area contributed by atoms with Gasteiger partial charge >= 0.3 is 5.97 Å². The Labute approximate surface area is 202 Å². The van der Waals surface area contributed by atoms with Crippen LogP contribution in [0.5, 0.6) is 0 Å². The van der Waals surface area contributed by atoms with Gasteiger partial charge in [-0.25, -0.2) is 13.9 Å². The van der Waals surface area contributed by atoms with Crippen molar-refractivity contribution in [3.8, 4) is 0 Å². The number of aliphatic hydroxyl groups is 1. The summed E-state index contributed by atoms with van der Waals surface area (Å²) in [7, 11) is 2.01. The molecule has 11 heteroatoms. The van der Waals surface area contributed by atoms with Gasteiger partial charge in [-0.2, -0.15) is 0 Å². The summed E-state index contributed by atoms with van der Waals surface area (Å²) in [5, 5.41) is 23.2. The number of nitrogens with one attached hydrogen (secondary N) is 1. The second-order valence-corrected chi connectivity index (χ2v) is 11.2. The second-order valence-electron chi connectivity index (χ2n) is 9.90. The van der Waals surface area contributed by atoms with Crippen LogP contribution in [0.3, 0.4) is 0 Å². The van der Waals surface area contributed by atoms with Gasteiger partial charge in [0.1, 0.15) is 18.4 Å². The molecule has 1 aromatic heterocycles. The molecule has 6 atom stereocenters. The minimum Gasteiger partial charge on any atom is -0.477 e. The molecule has 0 bridgehead atoms. The summed E-state index contributed by atoms with van der Waals surface area (Å²) in [4.78, 5) is 41.8. The molecule has 0 spiro atoms. The second kappa shape index (κ2) is 8.39. The molecule has 0 aromatic carbocycles. The SMILES string of the molecule is Cc1n2c(c[n+]1C)CN(C(=O)[C@@H]1C[C@H](SC3=C(C(=O)O)N4C(=O)[C@H]([C@@H](C)O)[C@H]4[C@H]3C)CN1)CC2. The molecule has 5 rings (SSSR count). The van der Waals surface area contributed by atoms with Crippen molar-refractivity contribution in [2.45, 2.75) is 63.7 Å². The van der Waals surface area contributed by atoms with E-state index in [1.54, 1.807) is 6.92 Å². The standard InChI is InChI=1S/C23H31N5O5S/c1-11-18-17(12(2)29)22(31)28(18)19(23(32)33)20(11)34-15-7-16(24-8-15)21(30)26-5-6-27-13(3)25(4)9-14(27)10-26/h9,11-12,15-18,24,29H,5-8,10H2,1-4H3/p+1/t11-,12-,15+,16+,17-,18-/m1/s1. The van der Waals surface area contributed by atoms with Gasteiger partial charge in [-0.15, -0.1) is 11.8 Å². The van der Waals surface area contributed by atoms with E-state index in [-0.39, 0.29) is 40.8 Å². The zero-order chi connectivity index (χ0) is 24.5. The number of fused-ring (bicyclic) bond motifs is 2. The van der Waals surface area contributed by atoms with Crippen LogP contribution in [-0.2, 0) is 34.5 Å². The molecule has 4 aliphatic heterocycles.